The topological polar surface area (TPSA) is 91.7 Å². The number of aryl methyl sites for hydroxylation is 2. The van der Waals surface area contributed by atoms with E-state index < -0.39 is 5.91 Å². The molecule has 2 amide bonds. The van der Waals surface area contributed by atoms with Crippen LogP contribution in [0, 0.1) is 25.2 Å². The summed E-state index contributed by atoms with van der Waals surface area (Å²) in [7, 11) is 0. The summed E-state index contributed by atoms with van der Waals surface area (Å²) < 4.78 is 10.8. The first-order valence-corrected chi connectivity index (χ1v) is 10.0. The summed E-state index contributed by atoms with van der Waals surface area (Å²) in [5.41, 5.74) is 3.50. The molecule has 1 N–H and O–H groups in total. The lowest BCUT2D eigenvalue weighted by Crippen LogP contribution is -2.42. The van der Waals surface area contributed by atoms with Gasteiger partial charge in [0.1, 0.15) is 17.4 Å². The molecular formula is C24H25N3O4. The highest BCUT2D eigenvalue weighted by molar-refractivity contribution is 6.09. The van der Waals surface area contributed by atoms with E-state index in [0.717, 1.165) is 11.1 Å². The molecule has 3 rings (SSSR count). The number of nitrogens with zero attached hydrogens (tertiary/aromatic N) is 2. The largest absolute Gasteiger partial charge is 0.484 e. The van der Waals surface area contributed by atoms with Crippen LogP contribution in [-0.2, 0) is 14.3 Å². The predicted molar refractivity (Wildman–Crippen MR) is 117 cm³/mol. The van der Waals surface area contributed by atoms with Crippen molar-refractivity contribution >= 4 is 23.6 Å². The number of hydrogen-bond acceptors (Lipinski definition) is 5. The Morgan fingerprint density at radius 2 is 1.84 bits per heavy atom. The maximum atomic E-state index is 12.5. The molecule has 1 aliphatic rings. The molecule has 1 saturated heterocycles. The highest BCUT2D eigenvalue weighted by Crippen LogP contribution is 2.17. The van der Waals surface area contributed by atoms with Gasteiger partial charge >= 0.3 is 0 Å². The molecule has 2 aromatic rings. The highest BCUT2D eigenvalue weighted by Gasteiger charge is 2.17. The highest BCUT2D eigenvalue weighted by atomic mass is 16.5. The first-order chi connectivity index (χ1) is 15.0. The van der Waals surface area contributed by atoms with E-state index >= 15 is 0 Å². The van der Waals surface area contributed by atoms with Crippen LogP contribution < -0.4 is 10.1 Å². The fourth-order valence-corrected chi connectivity index (χ4v) is 3.04. The monoisotopic (exact) mass is 419 g/mol. The first kappa shape index (κ1) is 22.1. The van der Waals surface area contributed by atoms with E-state index in [-0.39, 0.29) is 18.1 Å². The summed E-state index contributed by atoms with van der Waals surface area (Å²) >= 11 is 0. The Labute approximate surface area is 181 Å². The van der Waals surface area contributed by atoms with Gasteiger partial charge in [0.05, 0.1) is 13.2 Å². The van der Waals surface area contributed by atoms with Crippen LogP contribution in [0.25, 0.3) is 6.08 Å². The molecule has 7 heteroatoms. The van der Waals surface area contributed by atoms with Gasteiger partial charge in [0, 0.05) is 18.8 Å². The molecule has 0 saturated carbocycles. The summed E-state index contributed by atoms with van der Waals surface area (Å²) in [6.07, 6.45) is 1.51. The summed E-state index contributed by atoms with van der Waals surface area (Å²) in [6.45, 7) is 6.16. The summed E-state index contributed by atoms with van der Waals surface area (Å²) in [4.78, 5) is 26.3. The molecule has 1 fully saturated rings. The zero-order valence-electron chi connectivity index (χ0n) is 17.7. The number of carbonyl (C=O) groups excluding carboxylic acids is 2. The molecule has 7 nitrogen and oxygen atoms in total. The molecule has 0 atom stereocenters. The fourth-order valence-electron chi connectivity index (χ4n) is 3.04. The average Bonchev–Trinajstić information content (AvgIpc) is 2.79. The average molecular weight is 419 g/mol. The van der Waals surface area contributed by atoms with Gasteiger partial charge in [-0.2, -0.15) is 5.26 Å². The molecule has 0 aromatic heterocycles. The molecule has 0 unspecified atom stereocenters. The van der Waals surface area contributed by atoms with E-state index in [2.05, 4.69) is 5.32 Å². The lowest BCUT2D eigenvalue weighted by molar-refractivity contribution is -0.137. The van der Waals surface area contributed by atoms with Crippen LogP contribution in [-0.4, -0.2) is 49.6 Å². The van der Waals surface area contributed by atoms with Crippen molar-refractivity contribution in [2.75, 3.05) is 38.2 Å². The predicted octanol–water partition coefficient (Wildman–Crippen LogP) is 3.09. The van der Waals surface area contributed by atoms with E-state index in [1.165, 1.54) is 6.08 Å². The van der Waals surface area contributed by atoms with Crippen LogP contribution in [0.1, 0.15) is 16.7 Å². The second-order valence-electron chi connectivity index (χ2n) is 7.27. The Bertz CT molecular complexity index is 1020. The number of anilines is 1. The number of hydrogen-bond donors (Lipinski definition) is 1. The van der Waals surface area contributed by atoms with E-state index in [0.29, 0.717) is 43.3 Å². The van der Waals surface area contributed by atoms with Crippen molar-refractivity contribution in [3.05, 3.63) is 64.7 Å². The number of nitriles is 1. The van der Waals surface area contributed by atoms with Crippen molar-refractivity contribution in [2.45, 2.75) is 13.8 Å². The van der Waals surface area contributed by atoms with Crippen molar-refractivity contribution in [2.24, 2.45) is 0 Å². The number of ether oxygens (including phenoxy) is 2. The van der Waals surface area contributed by atoms with E-state index in [1.807, 2.05) is 32.0 Å². The van der Waals surface area contributed by atoms with Gasteiger partial charge in [-0.1, -0.05) is 18.2 Å². The fraction of sp³-hybridized carbons (Fsp3) is 0.292. The standard InChI is InChI=1S/C24H25N3O4/c1-17-3-6-21(13-18(17)2)26-24(29)20(15-25)14-19-4-7-22(8-5-19)31-16-23(28)27-9-11-30-12-10-27/h3-8,13-14H,9-12,16H2,1-2H3,(H,26,29)/b20-14-. The van der Waals surface area contributed by atoms with Gasteiger partial charge in [-0.05, 0) is 60.9 Å². The summed E-state index contributed by atoms with van der Waals surface area (Å²) in [5.74, 6) is -0.0129. The molecule has 1 heterocycles. The maximum Gasteiger partial charge on any atom is 0.266 e. The number of amides is 2. The van der Waals surface area contributed by atoms with Crippen molar-refractivity contribution < 1.29 is 19.1 Å². The van der Waals surface area contributed by atoms with Gasteiger partial charge < -0.3 is 19.7 Å². The molecule has 0 bridgehead atoms. The van der Waals surface area contributed by atoms with Crippen molar-refractivity contribution in [3.63, 3.8) is 0 Å². The smallest absolute Gasteiger partial charge is 0.266 e. The van der Waals surface area contributed by atoms with Gasteiger partial charge in [-0.25, -0.2) is 0 Å². The third kappa shape index (κ3) is 6.17. The quantitative estimate of drug-likeness (QED) is 0.574. The Morgan fingerprint density at radius 3 is 2.48 bits per heavy atom. The molecule has 160 valence electrons. The van der Waals surface area contributed by atoms with Crippen LogP contribution in [0.15, 0.2) is 48.0 Å². The molecule has 31 heavy (non-hydrogen) atoms. The van der Waals surface area contributed by atoms with E-state index in [9.17, 15) is 14.9 Å². The Hall–Kier alpha value is -3.63. The van der Waals surface area contributed by atoms with Gasteiger partial charge in [0.25, 0.3) is 11.8 Å². The zero-order chi connectivity index (χ0) is 22.2. The second-order valence-corrected chi connectivity index (χ2v) is 7.27. The van der Waals surface area contributed by atoms with Gasteiger partial charge in [0.2, 0.25) is 0 Å². The second kappa shape index (κ2) is 10.4. The Morgan fingerprint density at radius 1 is 1.13 bits per heavy atom. The molecular weight excluding hydrogens is 394 g/mol. The molecule has 0 spiro atoms. The maximum absolute atomic E-state index is 12.5. The van der Waals surface area contributed by atoms with Gasteiger partial charge in [-0.3, -0.25) is 9.59 Å². The normalized spacial score (nSPS) is 14.0. The zero-order valence-corrected chi connectivity index (χ0v) is 17.7. The Kier molecular flexibility index (Phi) is 7.41. The third-order valence-electron chi connectivity index (χ3n) is 5.05. The SMILES string of the molecule is Cc1ccc(NC(=O)/C(C#N)=C\c2ccc(OCC(=O)N3CCOCC3)cc2)cc1C. The number of nitrogens with one attached hydrogen (secondary N) is 1. The van der Waals surface area contributed by atoms with Crippen LogP contribution in [0.3, 0.4) is 0 Å². The van der Waals surface area contributed by atoms with Crippen LogP contribution >= 0.6 is 0 Å². The lowest BCUT2D eigenvalue weighted by Gasteiger charge is -2.26. The van der Waals surface area contributed by atoms with Crippen molar-refractivity contribution in [1.29, 1.82) is 5.26 Å². The number of benzene rings is 2. The van der Waals surface area contributed by atoms with Gasteiger partial charge in [-0.15, -0.1) is 0 Å². The van der Waals surface area contributed by atoms with E-state index in [4.69, 9.17) is 9.47 Å². The summed E-state index contributed by atoms with van der Waals surface area (Å²) in [5, 5.41) is 12.2. The van der Waals surface area contributed by atoms with Crippen molar-refractivity contribution in [3.8, 4) is 11.8 Å². The molecule has 0 aliphatic carbocycles. The first-order valence-electron chi connectivity index (χ1n) is 10.0. The molecule has 1 aliphatic heterocycles. The minimum Gasteiger partial charge on any atom is -0.484 e. The van der Waals surface area contributed by atoms with Crippen LogP contribution in [0.5, 0.6) is 5.75 Å². The lowest BCUT2D eigenvalue weighted by atomic mass is 10.1. The third-order valence-corrected chi connectivity index (χ3v) is 5.05. The minimum absolute atomic E-state index is 0.00519. The number of morpholine rings is 1. The van der Waals surface area contributed by atoms with Gasteiger partial charge in [0.15, 0.2) is 6.61 Å². The molecule has 2 aromatic carbocycles. The number of carbonyl (C=O) groups is 2. The van der Waals surface area contributed by atoms with Crippen LogP contribution in [0.2, 0.25) is 0 Å². The molecule has 0 radical (unpaired) electrons. The number of rotatable bonds is 6. The van der Waals surface area contributed by atoms with E-state index in [1.54, 1.807) is 35.2 Å². The van der Waals surface area contributed by atoms with Crippen molar-refractivity contribution in [1.82, 2.24) is 4.90 Å². The van der Waals surface area contributed by atoms with Crippen LogP contribution in [0.4, 0.5) is 5.69 Å². The Balaban J connectivity index is 1.59. The minimum atomic E-state index is -0.470. The summed E-state index contributed by atoms with van der Waals surface area (Å²) in [6, 6.07) is 14.4.